The normalized spacial score (nSPS) is 15.8. The van der Waals surface area contributed by atoms with Gasteiger partial charge in [0.05, 0.1) is 12.6 Å². The van der Waals surface area contributed by atoms with Crippen LogP contribution in [0.2, 0.25) is 0 Å². The molecule has 0 radical (unpaired) electrons. The topological polar surface area (TPSA) is 74.8 Å². The lowest BCUT2D eigenvalue weighted by Crippen LogP contribution is -2.36. The molecule has 1 saturated heterocycles. The molecule has 0 aromatic heterocycles. The van der Waals surface area contributed by atoms with Crippen LogP contribution < -0.4 is 16.0 Å². The summed E-state index contributed by atoms with van der Waals surface area (Å²) in [5.74, 6) is 0.690. The van der Waals surface area contributed by atoms with Crippen molar-refractivity contribution in [3.05, 3.63) is 70.8 Å². The highest BCUT2D eigenvalue weighted by Gasteiger charge is 2.16. The van der Waals surface area contributed by atoms with Crippen LogP contribution in [0, 0.1) is 6.92 Å². The van der Waals surface area contributed by atoms with Crippen molar-refractivity contribution in [3.8, 4) is 0 Å². The summed E-state index contributed by atoms with van der Waals surface area (Å²) in [5.41, 5.74) is 4.14. The van der Waals surface area contributed by atoms with Crippen LogP contribution in [0.3, 0.4) is 0 Å². The van der Waals surface area contributed by atoms with Crippen molar-refractivity contribution in [2.75, 3.05) is 19.7 Å². The quantitative estimate of drug-likeness (QED) is 0.273. The molecule has 3 N–H and O–H groups in total. The monoisotopic (exact) mass is 536 g/mol. The van der Waals surface area contributed by atoms with Crippen LogP contribution in [0.15, 0.2) is 53.5 Å². The van der Waals surface area contributed by atoms with Gasteiger partial charge in [-0.3, -0.25) is 4.79 Å². The van der Waals surface area contributed by atoms with Crippen LogP contribution in [-0.4, -0.2) is 37.7 Å². The van der Waals surface area contributed by atoms with Crippen LogP contribution in [0.1, 0.15) is 46.8 Å². The molecule has 0 saturated carbocycles. The molecule has 0 aliphatic carbocycles. The maximum Gasteiger partial charge on any atom is 0.251 e. The van der Waals surface area contributed by atoms with E-state index in [2.05, 4.69) is 40.0 Å². The van der Waals surface area contributed by atoms with Crippen molar-refractivity contribution in [1.29, 1.82) is 0 Å². The molecule has 1 aliphatic heterocycles. The van der Waals surface area contributed by atoms with E-state index in [1.807, 2.05) is 43.3 Å². The molecule has 1 heterocycles. The lowest BCUT2D eigenvalue weighted by molar-refractivity contribution is 0.0857. The van der Waals surface area contributed by atoms with Crippen LogP contribution in [-0.2, 0) is 17.8 Å². The second-order valence-electron chi connectivity index (χ2n) is 7.52. The van der Waals surface area contributed by atoms with Crippen LogP contribution >= 0.6 is 24.0 Å². The Labute approximate surface area is 202 Å². The minimum Gasteiger partial charge on any atom is -0.376 e. The number of amides is 1. The predicted octanol–water partition coefficient (Wildman–Crippen LogP) is 3.78. The first-order chi connectivity index (χ1) is 14.7. The number of aryl methyl sites for hydroxylation is 1. The van der Waals surface area contributed by atoms with Gasteiger partial charge in [-0.25, -0.2) is 4.99 Å². The lowest BCUT2D eigenvalue weighted by atomic mass is 10.1. The molecule has 1 aliphatic rings. The number of carbonyl (C=O) groups excluding carboxylic acids is 1. The van der Waals surface area contributed by atoms with Gasteiger partial charge in [-0.05, 0) is 55.5 Å². The number of hydrogen-bond acceptors (Lipinski definition) is 3. The number of rotatable bonds is 8. The van der Waals surface area contributed by atoms with Gasteiger partial charge in [0.1, 0.15) is 0 Å². The number of halogens is 1. The third-order valence-corrected chi connectivity index (χ3v) is 5.17. The molecular weight excluding hydrogens is 503 g/mol. The van der Waals surface area contributed by atoms with E-state index in [4.69, 9.17) is 4.74 Å². The Morgan fingerprint density at radius 1 is 1.13 bits per heavy atom. The maximum atomic E-state index is 12.5. The summed E-state index contributed by atoms with van der Waals surface area (Å²) < 4.78 is 5.57. The minimum atomic E-state index is -0.0686. The summed E-state index contributed by atoms with van der Waals surface area (Å²) >= 11 is 0. The van der Waals surface area contributed by atoms with E-state index in [0.29, 0.717) is 25.2 Å². The van der Waals surface area contributed by atoms with Crippen molar-refractivity contribution in [1.82, 2.24) is 16.0 Å². The Kier molecular flexibility index (Phi) is 10.8. The molecule has 1 unspecified atom stereocenters. The third-order valence-electron chi connectivity index (χ3n) is 5.17. The van der Waals surface area contributed by atoms with Crippen molar-refractivity contribution in [3.63, 3.8) is 0 Å². The summed E-state index contributed by atoms with van der Waals surface area (Å²) in [6.07, 6.45) is 2.22. The Hall–Kier alpha value is -2.13. The minimum absolute atomic E-state index is 0. The van der Waals surface area contributed by atoms with Gasteiger partial charge in [0.15, 0.2) is 5.96 Å². The van der Waals surface area contributed by atoms with E-state index in [1.165, 1.54) is 11.1 Å². The van der Waals surface area contributed by atoms with Gasteiger partial charge in [-0.2, -0.15) is 0 Å². The molecule has 0 bridgehead atoms. The van der Waals surface area contributed by atoms with Gasteiger partial charge >= 0.3 is 0 Å². The molecule has 1 amide bonds. The second-order valence-corrected chi connectivity index (χ2v) is 7.52. The van der Waals surface area contributed by atoms with E-state index < -0.39 is 0 Å². The molecule has 1 fully saturated rings. The smallest absolute Gasteiger partial charge is 0.251 e. The van der Waals surface area contributed by atoms with Crippen molar-refractivity contribution in [2.45, 2.75) is 45.9 Å². The molecule has 31 heavy (non-hydrogen) atoms. The number of aliphatic imine (C=N–C) groups is 1. The van der Waals surface area contributed by atoms with Gasteiger partial charge in [-0.15, -0.1) is 24.0 Å². The van der Waals surface area contributed by atoms with Gasteiger partial charge < -0.3 is 20.7 Å². The average molecular weight is 536 g/mol. The zero-order valence-corrected chi connectivity index (χ0v) is 20.6. The molecule has 6 nitrogen and oxygen atoms in total. The third kappa shape index (κ3) is 8.14. The van der Waals surface area contributed by atoms with Gasteiger partial charge in [0.25, 0.3) is 5.91 Å². The first kappa shape index (κ1) is 25.1. The van der Waals surface area contributed by atoms with Crippen molar-refractivity contribution in [2.24, 2.45) is 4.99 Å². The number of benzene rings is 2. The summed E-state index contributed by atoms with van der Waals surface area (Å²) in [6, 6.07) is 15.9. The molecule has 3 rings (SSSR count). The van der Waals surface area contributed by atoms with Crippen molar-refractivity contribution >= 4 is 35.8 Å². The van der Waals surface area contributed by atoms with Gasteiger partial charge in [-0.1, -0.05) is 36.4 Å². The maximum absolute atomic E-state index is 12.5. The summed E-state index contributed by atoms with van der Waals surface area (Å²) in [7, 11) is 0. The van der Waals surface area contributed by atoms with Crippen molar-refractivity contribution < 1.29 is 9.53 Å². The van der Waals surface area contributed by atoms with E-state index in [-0.39, 0.29) is 36.0 Å². The van der Waals surface area contributed by atoms with E-state index in [1.54, 1.807) is 0 Å². The Morgan fingerprint density at radius 2 is 1.97 bits per heavy atom. The Bertz CT molecular complexity index is 866. The molecule has 168 valence electrons. The molecule has 7 heteroatoms. The molecule has 2 aromatic carbocycles. The first-order valence-electron chi connectivity index (χ1n) is 10.7. The number of guanidine groups is 1. The summed E-state index contributed by atoms with van der Waals surface area (Å²) in [4.78, 5) is 17.1. The fourth-order valence-corrected chi connectivity index (χ4v) is 3.42. The zero-order chi connectivity index (χ0) is 21.2. The highest BCUT2D eigenvalue weighted by Crippen LogP contribution is 2.12. The molecule has 2 aromatic rings. The van der Waals surface area contributed by atoms with Crippen LogP contribution in [0.5, 0.6) is 0 Å². The molecule has 1 atom stereocenters. The number of hydrogen-bond donors (Lipinski definition) is 3. The van der Waals surface area contributed by atoms with Gasteiger partial charge in [0, 0.05) is 31.8 Å². The standard InChI is InChI=1S/C24H32N4O2.HI/c1-3-25-24(28-16-21-10-5-4-8-18(21)2)27-15-19-9-6-11-20(14-19)23(29)26-17-22-12-7-13-30-22;/h4-6,8-11,14,22H,3,7,12-13,15-17H2,1-2H3,(H,26,29)(H2,25,27,28);1H. The summed E-state index contributed by atoms with van der Waals surface area (Å²) in [5, 5.41) is 9.63. The van der Waals surface area contributed by atoms with Gasteiger partial charge in [0.2, 0.25) is 0 Å². The predicted molar refractivity (Wildman–Crippen MR) is 136 cm³/mol. The SMILES string of the molecule is CCNC(=NCc1cccc(C(=O)NCC2CCCO2)c1)NCc1ccccc1C.I. The van der Waals surface area contributed by atoms with Crippen LogP contribution in [0.4, 0.5) is 0 Å². The molecular formula is C24H33IN4O2. The number of carbonyl (C=O) groups is 1. The zero-order valence-electron chi connectivity index (χ0n) is 18.3. The largest absolute Gasteiger partial charge is 0.376 e. The molecule has 0 spiro atoms. The lowest BCUT2D eigenvalue weighted by Gasteiger charge is -2.13. The van der Waals surface area contributed by atoms with E-state index in [0.717, 1.165) is 37.5 Å². The highest BCUT2D eigenvalue weighted by atomic mass is 127. The highest BCUT2D eigenvalue weighted by molar-refractivity contribution is 14.0. The Morgan fingerprint density at radius 3 is 2.71 bits per heavy atom. The van der Waals surface area contributed by atoms with Crippen LogP contribution in [0.25, 0.3) is 0 Å². The fourth-order valence-electron chi connectivity index (χ4n) is 3.42. The number of nitrogens with one attached hydrogen (secondary N) is 3. The van der Waals surface area contributed by atoms with E-state index >= 15 is 0 Å². The van der Waals surface area contributed by atoms with E-state index in [9.17, 15) is 4.79 Å². The fraction of sp³-hybridized carbons (Fsp3) is 0.417. The average Bonchev–Trinajstić information content (AvgIpc) is 3.29. The number of ether oxygens (including phenoxy) is 1. The first-order valence-corrected chi connectivity index (χ1v) is 10.7. The number of nitrogens with zero attached hydrogens (tertiary/aromatic N) is 1. The Balaban J connectivity index is 0.00000341. The summed E-state index contributed by atoms with van der Waals surface area (Å²) in [6.45, 7) is 7.50. The second kappa shape index (κ2) is 13.3.